The Morgan fingerprint density at radius 3 is 2.38 bits per heavy atom. The Bertz CT molecular complexity index is 1260. The zero-order valence-corrected chi connectivity index (χ0v) is 27.2. The molecule has 0 aliphatic carbocycles. The molecular weight excluding hydrogens is 540 g/mol. The lowest BCUT2D eigenvalue weighted by molar-refractivity contribution is 0.0878. The SMILES string of the molecule is CC(C)(C)[Si](C)(C)OC(CN1CCc2ccccc2C1)CN1CCN(Cc2ccc(N3CCC(C#N)CC3)cn2)C1=O. The number of fused-ring (bicyclic) bond motifs is 1. The Hall–Kier alpha value is -2.93. The van der Waals surface area contributed by atoms with Gasteiger partial charge in [-0.1, -0.05) is 45.0 Å². The summed E-state index contributed by atoms with van der Waals surface area (Å²) in [4.78, 5) is 27.0. The van der Waals surface area contributed by atoms with E-state index < -0.39 is 8.32 Å². The summed E-state index contributed by atoms with van der Waals surface area (Å²) in [5.74, 6) is 0.168. The third kappa shape index (κ3) is 7.16. The second-order valence-electron chi connectivity index (χ2n) is 13.8. The maximum Gasteiger partial charge on any atom is 0.320 e. The van der Waals surface area contributed by atoms with E-state index in [-0.39, 0.29) is 23.1 Å². The number of nitriles is 1. The van der Waals surface area contributed by atoms with Gasteiger partial charge in [-0.05, 0) is 60.7 Å². The van der Waals surface area contributed by atoms with Gasteiger partial charge >= 0.3 is 6.03 Å². The molecule has 2 saturated heterocycles. The van der Waals surface area contributed by atoms with Gasteiger partial charge in [-0.2, -0.15) is 5.26 Å². The molecule has 0 N–H and O–H groups in total. The molecular formula is C33H48N6O2Si. The largest absolute Gasteiger partial charge is 0.411 e. The minimum atomic E-state index is -2.03. The monoisotopic (exact) mass is 588 g/mol. The molecule has 0 saturated carbocycles. The minimum absolute atomic E-state index is 0.0253. The van der Waals surface area contributed by atoms with E-state index in [1.54, 1.807) is 0 Å². The van der Waals surface area contributed by atoms with Gasteiger partial charge in [0.25, 0.3) is 0 Å². The predicted molar refractivity (Wildman–Crippen MR) is 170 cm³/mol. The van der Waals surface area contributed by atoms with Crippen LogP contribution in [-0.4, -0.2) is 85.9 Å². The number of urea groups is 1. The molecule has 1 aromatic heterocycles. The van der Waals surface area contributed by atoms with Crippen LogP contribution < -0.4 is 4.90 Å². The van der Waals surface area contributed by atoms with Crippen LogP contribution in [0.4, 0.5) is 10.5 Å². The Labute approximate surface area is 253 Å². The molecule has 3 aliphatic rings. The van der Waals surface area contributed by atoms with Crippen LogP contribution in [-0.2, 0) is 23.9 Å². The van der Waals surface area contributed by atoms with Crippen molar-refractivity contribution in [2.24, 2.45) is 5.92 Å². The predicted octanol–water partition coefficient (Wildman–Crippen LogP) is 5.51. The van der Waals surface area contributed by atoms with Gasteiger partial charge in [0.2, 0.25) is 0 Å². The average molecular weight is 589 g/mol. The van der Waals surface area contributed by atoms with Gasteiger partial charge in [-0.15, -0.1) is 0 Å². The number of hydrogen-bond donors (Lipinski definition) is 0. The zero-order valence-electron chi connectivity index (χ0n) is 26.2. The van der Waals surface area contributed by atoms with Crippen molar-refractivity contribution in [1.29, 1.82) is 5.26 Å². The van der Waals surface area contributed by atoms with E-state index in [0.29, 0.717) is 26.2 Å². The highest BCUT2D eigenvalue weighted by Gasteiger charge is 2.41. The lowest BCUT2D eigenvalue weighted by Gasteiger charge is -2.42. The molecule has 8 nitrogen and oxygen atoms in total. The molecule has 0 radical (unpaired) electrons. The number of pyridine rings is 1. The quantitative estimate of drug-likeness (QED) is 0.360. The van der Waals surface area contributed by atoms with Gasteiger partial charge in [-0.3, -0.25) is 9.88 Å². The number of carbonyl (C=O) groups is 1. The number of carbonyl (C=O) groups excluding carboxylic acids is 1. The average Bonchev–Trinajstić information content (AvgIpc) is 3.30. The first-order chi connectivity index (χ1) is 20.0. The van der Waals surface area contributed by atoms with E-state index in [4.69, 9.17) is 9.41 Å². The Balaban J connectivity index is 1.20. The zero-order chi connectivity index (χ0) is 29.9. The highest BCUT2D eigenvalue weighted by molar-refractivity contribution is 6.74. The van der Waals surface area contributed by atoms with Gasteiger partial charge in [-0.25, -0.2) is 4.79 Å². The van der Waals surface area contributed by atoms with Crippen molar-refractivity contribution in [3.63, 3.8) is 0 Å². The van der Waals surface area contributed by atoms with Gasteiger partial charge in [0.15, 0.2) is 8.32 Å². The summed E-state index contributed by atoms with van der Waals surface area (Å²) in [6, 6.07) is 15.4. The number of piperidine rings is 1. The maximum atomic E-state index is 13.6. The number of amides is 2. The number of anilines is 1. The first-order valence-corrected chi connectivity index (χ1v) is 18.5. The molecule has 9 heteroatoms. The molecule has 0 bridgehead atoms. The van der Waals surface area contributed by atoms with Crippen LogP contribution in [0.5, 0.6) is 0 Å². The molecule has 1 aromatic carbocycles. The lowest BCUT2D eigenvalue weighted by atomic mass is 9.98. The summed E-state index contributed by atoms with van der Waals surface area (Å²) in [6.07, 6.45) is 4.76. The van der Waals surface area contributed by atoms with Crippen LogP contribution in [0, 0.1) is 17.2 Å². The van der Waals surface area contributed by atoms with E-state index in [1.165, 1.54) is 11.1 Å². The molecule has 2 amide bonds. The molecule has 2 aromatic rings. The topological polar surface area (TPSA) is 75.9 Å². The number of benzene rings is 1. The van der Waals surface area contributed by atoms with E-state index in [0.717, 1.165) is 63.4 Å². The highest BCUT2D eigenvalue weighted by Crippen LogP contribution is 2.38. The maximum absolute atomic E-state index is 13.6. The smallest absolute Gasteiger partial charge is 0.320 e. The van der Waals surface area contributed by atoms with Gasteiger partial charge in [0.05, 0.1) is 36.3 Å². The fourth-order valence-electron chi connectivity index (χ4n) is 6.08. The number of hydrogen-bond acceptors (Lipinski definition) is 6. The van der Waals surface area contributed by atoms with E-state index in [9.17, 15) is 10.1 Å². The van der Waals surface area contributed by atoms with Crippen molar-refractivity contribution in [2.75, 3.05) is 50.7 Å². The number of aromatic nitrogens is 1. The van der Waals surface area contributed by atoms with Crippen molar-refractivity contribution >= 4 is 20.0 Å². The molecule has 2 fully saturated rings. The lowest BCUT2D eigenvalue weighted by Crippen LogP contribution is -2.51. The third-order valence-electron chi connectivity index (χ3n) is 9.75. The molecule has 1 unspecified atom stereocenters. The fraction of sp³-hybridized carbons (Fsp3) is 0.606. The van der Waals surface area contributed by atoms with Crippen LogP contribution in [0.3, 0.4) is 0 Å². The fourth-order valence-corrected chi connectivity index (χ4v) is 7.41. The van der Waals surface area contributed by atoms with Gasteiger partial charge in [0.1, 0.15) is 0 Å². The normalized spacial score (nSPS) is 19.6. The van der Waals surface area contributed by atoms with E-state index in [2.05, 4.69) is 80.1 Å². The second-order valence-corrected chi connectivity index (χ2v) is 18.6. The van der Waals surface area contributed by atoms with Crippen LogP contribution in [0.1, 0.15) is 50.4 Å². The molecule has 5 rings (SSSR count). The minimum Gasteiger partial charge on any atom is -0.411 e. The van der Waals surface area contributed by atoms with Gasteiger partial charge in [0, 0.05) is 58.3 Å². The summed E-state index contributed by atoms with van der Waals surface area (Å²) >= 11 is 0. The summed E-state index contributed by atoms with van der Waals surface area (Å²) in [6.45, 7) is 18.6. The summed E-state index contributed by atoms with van der Waals surface area (Å²) in [5, 5.41) is 9.27. The van der Waals surface area contributed by atoms with Crippen LogP contribution in [0.25, 0.3) is 0 Å². The van der Waals surface area contributed by atoms with E-state index in [1.807, 2.05) is 22.1 Å². The molecule has 0 spiro atoms. The third-order valence-corrected chi connectivity index (χ3v) is 14.3. The van der Waals surface area contributed by atoms with Crippen LogP contribution in [0.2, 0.25) is 18.1 Å². The highest BCUT2D eigenvalue weighted by atomic mass is 28.4. The summed E-state index contributed by atoms with van der Waals surface area (Å²) in [5.41, 5.74) is 4.85. The standard InChI is InChI=1S/C33H48N6O2Si/c1-33(2,3)42(4,5)41-31(24-36-15-14-27-8-6-7-9-28(27)22-36)25-39-19-18-38(32(39)40)23-29-10-11-30(21-35-29)37-16-12-26(20-34)13-17-37/h6-11,21,26,31H,12-19,22-25H2,1-5H3. The Morgan fingerprint density at radius 2 is 1.71 bits per heavy atom. The molecule has 226 valence electrons. The molecule has 42 heavy (non-hydrogen) atoms. The number of nitrogens with zero attached hydrogens (tertiary/aromatic N) is 6. The Kier molecular flexibility index (Phi) is 9.26. The summed E-state index contributed by atoms with van der Waals surface area (Å²) in [7, 11) is -2.03. The van der Waals surface area contributed by atoms with E-state index >= 15 is 0 Å². The Morgan fingerprint density at radius 1 is 1.00 bits per heavy atom. The van der Waals surface area contributed by atoms with Crippen LogP contribution in [0.15, 0.2) is 42.6 Å². The van der Waals surface area contributed by atoms with Gasteiger partial charge < -0.3 is 19.1 Å². The molecule has 3 aliphatic heterocycles. The number of rotatable bonds is 9. The van der Waals surface area contributed by atoms with Crippen molar-refractivity contribution in [3.05, 3.63) is 59.4 Å². The molecule has 1 atom stereocenters. The summed E-state index contributed by atoms with van der Waals surface area (Å²) < 4.78 is 6.99. The first kappa shape index (κ1) is 30.5. The van der Waals surface area contributed by atoms with Crippen molar-refractivity contribution in [2.45, 2.75) is 77.4 Å². The molecule has 4 heterocycles. The second kappa shape index (κ2) is 12.7. The van der Waals surface area contributed by atoms with Crippen molar-refractivity contribution in [3.8, 4) is 6.07 Å². The van der Waals surface area contributed by atoms with Crippen molar-refractivity contribution in [1.82, 2.24) is 19.7 Å². The van der Waals surface area contributed by atoms with Crippen LogP contribution >= 0.6 is 0 Å². The first-order valence-electron chi connectivity index (χ1n) is 15.6. The van der Waals surface area contributed by atoms with Crippen molar-refractivity contribution < 1.29 is 9.22 Å².